The Labute approximate surface area is 378 Å². The van der Waals surface area contributed by atoms with Gasteiger partial charge in [0.2, 0.25) is 0 Å². The number of hydrogen-bond donors (Lipinski definition) is 1. The van der Waals surface area contributed by atoms with Crippen LogP contribution < -0.4 is 10.6 Å². The van der Waals surface area contributed by atoms with Crippen LogP contribution in [0.15, 0.2) is 24.3 Å². The SMILES string of the molecule is C/C=C/c1cc(CCCCCCCCC)ccc1OCCOCCOCCOCCOCCOCCOCCOCCOCCOCCOCCOCCOCCO[S+]([O])(=O)O[NH3+]. The van der Waals surface area contributed by atoms with Gasteiger partial charge >= 0.3 is 10.8 Å². The summed E-state index contributed by atoms with van der Waals surface area (Å²) in [5, 5.41) is 0. The van der Waals surface area contributed by atoms with Crippen molar-refractivity contribution in [3.8, 4) is 5.75 Å². The monoisotopic (exact) mass is 929 g/mol. The Hall–Kier alpha value is -1.73. The molecule has 1 unspecified atom stereocenters. The van der Waals surface area contributed by atoms with Crippen molar-refractivity contribution in [3.05, 3.63) is 35.4 Å². The van der Waals surface area contributed by atoms with E-state index in [2.05, 4.69) is 51.6 Å². The van der Waals surface area contributed by atoms with Crippen molar-refractivity contribution < 1.29 is 84.7 Å². The normalized spacial score (nSPS) is 12.8. The standard InChI is InChI=1S/C44H82NO17S/c1-3-5-6-7-8-9-10-12-42-13-14-44(43(41-42)11-4-2)60-39-37-58-35-33-56-31-29-54-27-25-52-23-21-50-19-17-48-15-16-49-18-20-51-22-24-53-26-28-55-30-32-57-34-36-59-38-40-61-63(46,47)62-45/h4,11,13-14,41H,3,5-10,12,15-40H2,1-2,45H3/q+2/b11-4+. The molecule has 1 atom stereocenters. The lowest BCUT2D eigenvalue weighted by Gasteiger charge is -2.12. The van der Waals surface area contributed by atoms with E-state index in [9.17, 15) is 8.76 Å². The molecule has 1 aromatic rings. The van der Waals surface area contributed by atoms with Crippen molar-refractivity contribution in [1.82, 2.24) is 0 Å². The molecule has 0 aliphatic heterocycles. The van der Waals surface area contributed by atoms with Gasteiger partial charge in [-0.2, -0.15) is 5.90 Å². The van der Waals surface area contributed by atoms with Gasteiger partial charge < -0.3 is 61.6 Å². The van der Waals surface area contributed by atoms with Crippen LogP contribution in [0.1, 0.15) is 69.9 Å². The summed E-state index contributed by atoms with van der Waals surface area (Å²) in [5.74, 6) is 3.67. The molecule has 0 saturated heterocycles. The Kier molecular flexibility index (Phi) is 44.0. The molecular weight excluding hydrogens is 847 g/mol. The molecule has 3 N–H and O–H groups in total. The number of quaternary nitrogens is 1. The predicted molar refractivity (Wildman–Crippen MR) is 237 cm³/mol. The first-order valence-electron chi connectivity index (χ1n) is 22.7. The number of ether oxygens (including phenoxy) is 13. The molecule has 0 fully saturated rings. The Morgan fingerprint density at radius 1 is 0.476 bits per heavy atom. The van der Waals surface area contributed by atoms with Crippen LogP contribution in [0, 0.1) is 0 Å². The number of hydrogen-bond acceptors (Lipinski definition) is 16. The summed E-state index contributed by atoms with van der Waals surface area (Å²) in [6.07, 6.45) is 14.5. The molecule has 1 rings (SSSR count). The second-order valence-electron chi connectivity index (χ2n) is 13.8. The van der Waals surface area contributed by atoms with Crippen molar-refractivity contribution in [1.29, 1.82) is 0 Å². The summed E-state index contributed by atoms with van der Waals surface area (Å²) in [5.41, 5.74) is 2.49. The molecule has 1 radical (unpaired) electrons. The molecule has 0 aliphatic rings. The van der Waals surface area contributed by atoms with Gasteiger partial charge in [0.15, 0.2) is 0 Å². The van der Waals surface area contributed by atoms with Crippen LogP contribution in [0.4, 0.5) is 0 Å². The zero-order chi connectivity index (χ0) is 45.4. The van der Waals surface area contributed by atoms with Gasteiger partial charge in [0, 0.05) is 9.77 Å². The van der Waals surface area contributed by atoms with Gasteiger partial charge in [-0.3, -0.25) is 0 Å². The predicted octanol–water partition coefficient (Wildman–Crippen LogP) is 4.46. The largest absolute Gasteiger partial charge is 0.597 e. The summed E-state index contributed by atoms with van der Waals surface area (Å²) in [6, 6.07) is 6.52. The van der Waals surface area contributed by atoms with Crippen LogP contribution in [0.2, 0.25) is 0 Å². The van der Waals surface area contributed by atoms with Crippen LogP contribution in [0.3, 0.4) is 0 Å². The van der Waals surface area contributed by atoms with E-state index in [1.54, 1.807) is 0 Å². The van der Waals surface area contributed by atoms with Crippen LogP contribution in [0.5, 0.6) is 5.75 Å². The van der Waals surface area contributed by atoms with Crippen molar-refractivity contribution in [3.63, 3.8) is 0 Å². The minimum Gasteiger partial charge on any atom is -0.491 e. The zero-order valence-corrected chi connectivity index (χ0v) is 39.3. The lowest BCUT2D eigenvalue weighted by atomic mass is 10.0. The van der Waals surface area contributed by atoms with E-state index in [-0.39, 0.29) is 13.2 Å². The third kappa shape index (κ3) is 41.4. The third-order valence-corrected chi connectivity index (χ3v) is 9.41. The molecule has 0 saturated carbocycles. The van der Waals surface area contributed by atoms with Crippen LogP contribution in [-0.4, -0.2) is 172 Å². The van der Waals surface area contributed by atoms with Crippen LogP contribution >= 0.6 is 0 Å². The van der Waals surface area contributed by atoms with Crippen molar-refractivity contribution in [2.45, 2.75) is 65.2 Å². The van der Waals surface area contributed by atoms with E-state index >= 15 is 0 Å². The van der Waals surface area contributed by atoms with E-state index in [1.165, 1.54) is 50.5 Å². The Balaban J connectivity index is 1.74. The summed E-state index contributed by atoms with van der Waals surface area (Å²) < 4.78 is 102. The van der Waals surface area contributed by atoms with Crippen LogP contribution in [0.25, 0.3) is 6.08 Å². The maximum atomic E-state index is 10.9. The lowest BCUT2D eigenvalue weighted by Crippen LogP contribution is -2.53. The quantitative estimate of drug-likeness (QED) is 0.0545. The highest BCUT2D eigenvalue weighted by Crippen LogP contribution is 2.23. The van der Waals surface area contributed by atoms with Crippen molar-refractivity contribution in [2.75, 3.05) is 172 Å². The number of benzene rings is 1. The maximum Gasteiger partial charge on any atom is 0.597 e. The fourth-order valence-electron chi connectivity index (χ4n) is 5.44. The number of allylic oxidation sites excluding steroid dienone is 1. The Morgan fingerprint density at radius 2 is 0.810 bits per heavy atom. The number of rotatable bonds is 51. The molecule has 0 aromatic heterocycles. The molecule has 0 aliphatic carbocycles. The van der Waals surface area contributed by atoms with Crippen molar-refractivity contribution in [2.24, 2.45) is 0 Å². The minimum atomic E-state index is -4.04. The van der Waals surface area contributed by atoms with Gasteiger partial charge in [0.1, 0.15) is 23.5 Å². The van der Waals surface area contributed by atoms with E-state index in [1.807, 2.05) is 6.92 Å². The smallest absolute Gasteiger partial charge is 0.491 e. The highest BCUT2D eigenvalue weighted by molar-refractivity contribution is 7.88. The molecule has 0 spiro atoms. The molecule has 369 valence electrons. The molecule has 0 heterocycles. The topological polar surface area (TPSA) is 203 Å². The minimum absolute atomic E-state index is 0.0863. The van der Waals surface area contributed by atoms with E-state index in [0.717, 1.165) is 17.7 Å². The molecule has 18 nitrogen and oxygen atoms in total. The van der Waals surface area contributed by atoms with Gasteiger partial charge in [-0.25, -0.2) is 0 Å². The second-order valence-corrected chi connectivity index (χ2v) is 15.1. The first-order valence-corrected chi connectivity index (χ1v) is 24.0. The summed E-state index contributed by atoms with van der Waals surface area (Å²) in [7, 11) is -4.04. The third-order valence-electron chi connectivity index (χ3n) is 8.67. The lowest BCUT2D eigenvalue weighted by molar-refractivity contribution is -0.640. The molecular formula is C44H82NO17S+2. The van der Waals surface area contributed by atoms with Gasteiger partial charge in [-0.1, -0.05) is 63.7 Å². The average molecular weight is 929 g/mol. The Morgan fingerprint density at radius 3 is 1.16 bits per heavy atom. The van der Waals surface area contributed by atoms with Crippen molar-refractivity contribution >= 4 is 16.9 Å². The van der Waals surface area contributed by atoms with Gasteiger partial charge in [-0.15, -0.1) is 4.18 Å². The Bertz CT molecular complexity index is 1190. The van der Waals surface area contributed by atoms with E-state index in [4.69, 9.17) is 61.6 Å². The molecule has 63 heavy (non-hydrogen) atoms. The highest BCUT2D eigenvalue weighted by Gasteiger charge is 2.35. The van der Waals surface area contributed by atoms with E-state index < -0.39 is 10.8 Å². The highest BCUT2D eigenvalue weighted by atomic mass is 32.3. The van der Waals surface area contributed by atoms with Gasteiger partial charge in [0.25, 0.3) is 0 Å². The first-order chi connectivity index (χ1) is 31.0. The summed E-state index contributed by atoms with van der Waals surface area (Å²) in [4.78, 5) is 0. The molecule has 0 amide bonds. The van der Waals surface area contributed by atoms with Gasteiger partial charge in [0.05, 0.1) is 163 Å². The molecule has 1 aromatic carbocycles. The average Bonchev–Trinajstić information content (AvgIpc) is 3.28. The maximum absolute atomic E-state index is 10.9. The van der Waals surface area contributed by atoms with E-state index in [0.29, 0.717) is 159 Å². The zero-order valence-electron chi connectivity index (χ0n) is 38.5. The van der Waals surface area contributed by atoms with Gasteiger partial charge in [-0.05, 0) is 37.5 Å². The molecule has 0 bridgehead atoms. The summed E-state index contributed by atoms with van der Waals surface area (Å²) in [6.45, 7) is 15.4. The molecule has 19 heteroatoms. The second kappa shape index (κ2) is 46.8. The number of unbranched alkanes of at least 4 members (excludes halogenated alkanes) is 6. The number of aryl methyl sites for hydroxylation is 1. The summed E-state index contributed by atoms with van der Waals surface area (Å²) >= 11 is 0. The fraction of sp³-hybridized carbons (Fsp3) is 0.818. The first kappa shape index (κ1) is 59.3. The fourth-order valence-corrected chi connectivity index (χ4v) is 5.78. The van der Waals surface area contributed by atoms with Crippen LogP contribution in [-0.2, 0) is 91.3 Å².